The van der Waals surface area contributed by atoms with Crippen LogP contribution in [0.25, 0.3) is 10.8 Å². The maximum absolute atomic E-state index is 9.82. The molecule has 84 valence electrons. The minimum Gasteiger partial charge on any atom is -0.508 e. The summed E-state index contributed by atoms with van der Waals surface area (Å²) in [5, 5.41) is 11.4. The summed E-state index contributed by atoms with van der Waals surface area (Å²) in [5.74, 6) is 0.458. The van der Waals surface area contributed by atoms with Gasteiger partial charge in [0.25, 0.3) is 0 Å². The molecule has 4 heteroatoms. The maximum atomic E-state index is 9.82. The summed E-state index contributed by atoms with van der Waals surface area (Å²) < 4.78 is 0.994. The number of alkyl halides is 2. The molecule has 0 aliphatic rings. The van der Waals surface area contributed by atoms with Gasteiger partial charge in [-0.1, -0.05) is 28.1 Å². The summed E-state index contributed by atoms with van der Waals surface area (Å²) in [5.41, 5.74) is 0.696. The molecule has 0 saturated carbocycles. The zero-order chi connectivity index (χ0) is 11.7. The van der Waals surface area contributed by atoms with E-state index in [9.17, 15) is 5.11 Å². The third kappa shape index (κ3) is 2.15. The van der Waals surface area contributed by atoms with Gasteiger partial charge < -0.3 is 5.11 Å². The van der Waals surface area contributed by atoms with Crippen molar-refractivity contribution in [1.82, 2.24) is 0 Å². The van der Waals surface area contributed by atoms with Crippen molar-refractivity contribution in [3.63, 3.8) is 0 Å². The Morgan fingerprint density at radius 1 is 1.25 bits per heavy atom. The summed E-state index contributed by atoms with van der Waals surface area (Å²) in [7, 11) is 0. The van der Waals surface area contributed by atoms with Crippen LogP contribution in [-0.2, 0) is 0 Å². The molecule has 0 fully saturated rings. The van der Waals surface area contributed by atoms with Crippen LogP contribution in [0.15, 0.2) is 34.8 Å². The molecule has 0 aromatic heterocycles. The largest absolute Gasteiger partial charge is 0.508 e. The van der Waals surface area contributed by atoms with Crippen molar-refractivity contribution in [2.45, 2.75) is 5.38 Å². The molecule has 2 aromatic rings. The van der Waals surface area contributed by atoms with E-state index in [0.717, 1.165) is 15.2 Å². The van der Waals surface area contributed by atoms with E-state index in [1.807, 2.05) is 24.3 Å². The second kappa shape index (κ2) is 4.82. The van der Waals surface area contributed by atoms with Crippen molar-refractivity contribution < 1.29 is 5.11 Å². The second-order valence-corrected chi connectivity index (χ2v) is 5.24. The number of halogens is 3. The highest BCUT2D eigenvalue weighted by Crippen LogP contribution is 2.37. The van der Waals surface area contributed by atoms with E-state index in [0.29, 0.717) is 5.56 Å². The maximum Gasteiger partial charge on any atom is 0.120 e. The van der Waals surface area contributed by atoms with Gasteiger partial charge in [0.05, 0.1) is 5.38 Å². The Kier molecular flexibility index (Phi) is 3.63. The molecule has 0 radical (unpaired) electrons. The van der Waals surface area contributed by atoms with Crippen molar-refractivity contribution in [2.24, 2.45) is 0 Å². The van der Waals surface area contributed by atoms with Gasteiger partial charge in [-0.15, -0.1) is 23.2 Å². The number of aromatic hydroxyl groups is 1. The lowest BCUT2D eigenvalue weighted by molar-refractivity contribution is 0.469. The Morgan fingerprint density at radius 2 is 2.00 bits per heavy atom. The first kappa shape index (κ1) is 12.0. The SMILES string of the molecule is Oc1ccc2cc(Br)ccc2c1C(Cl)CCl. The Labute approximate surface area is 112 Å². The van der Waals surface area contributed by atoms with Crippen LogP contribution in [0.2, 0.25) is 0 Å². The molecule has 0 spiro atoms. The van der Waals surface area contributed by atoms with Gasteiger partial charge in [0.15, 0.2) is 0 Å². The first-order valence-corrected chi connectivity index (χ1v) is 6.51. The zero-order valence-electron chi connectivity index (χ0n) is 8.25. The van der Waals surface area contributed by atoms with Crippen molar-refractivity contribution in [3.8, 4) is 5.75 Å². The lowest BCUT2D eigenvalue weighted by Crippen LogP contribution is -1.94. The third-order valence-corrected chi connectivity index (χ3v) is 3.78. The van der Waals surface area contributed by atoms with Crippen LogP contribution in [0.4, 0.5) is 0 Å². The number of hydrogen-bond acceptors (Lipinski definition) is 1. The molecule has 1 N–H and O–H groups in total. The summed E-state index contributed by atoms with van der Waals surface area (Å²) in [6, 6.07) is 9.33. The van der Waals surface area contributed by atoms with E-state index in [1.165, 1.54) is 0 Å². The Balaban J connectivity index is 2.74. The van der Waals surface area contributed by atoms with Gasteiger partial charge in [-0.2, -0.15) is 0 Å². The molecular formula is C12H9BrCl2O. The van der Waals surface area contributed by atoms with E-state index < -0.39 is 0 Å². The van der Waals surface area contributed by atoms with Crippen LogP contribution in [0.1, 0.15) is 10.9 Å². The summed E-state index contributed by atoms with van der Waals surface area (Å²) in [4.78, 5) is 0. The van der Waals surface area contributed by atoms with Crippen molar-refractivity contribution >= 4 is 49.9 Å². The monoisotopic (exact) mass is 318 g/mol. The fourth-order valence-electron chi connectivity index (χ4n) is 1.72. The standard InChI is InChI=1S/C12H9BrCl2O/c13-8-2-3-9-7(5-8)1-4-11(16)12(9)10(15)6-14/h1-5,10,16H,6H2. The summed E-state index contributed by atoms with van der Waals surface area (Å²) >= 11 is 15.3. The van der Waals surface area contributed by atoms with Crippen LogP contribution in [0.3, 0.4) is 0 Å². The highest BCUT2D eigenvalue weighted by atomic mass is 79.9. The topological polar surface area (TPSA) is 20.2 Å². The quantitative estimate of drug-likeness (QED) is 0.786. The van der Waals surface area contributed by atoms with Crippen LogP contribution in [0.5, 0.6) is 5.75 Å². The molecule has 1 nitrogen and oxygen atoms in total. The van der Waals surface area contributed by atoms with E-state index >= 15 is 0 Å². The van der Waals surface area contributed by atoms with Gasteiger partial charge in [0.1, 0.15) is 5.75 Å². The van der Waals surface area contributed by atoms with Crippen LogP contribution < -0.4 is 0 Å². The normalized spacial score (nSPS) is 12.9. The van der Waals surface area contributed by atoms with E-state index in [2.05, 4.69) is 15.9 Å². The molecule has 0 saturated heterocycles. The predicted molar refractivity (Wildman–Crippen MR) is 72.6 cm³/mol. The minimum absolute atomic E-state index is 0.190. The average molecular weight is 320 g/mol. The number of hydrogen-bond donors (Lipinski definition) is 1. The second-order valence-electron chi connectivity index (χ2n) is 3.49. The van der Waals surface area contributed by atoms with Gasteiger partial charge in [-0.05, 0) is 29.0 Å². The lowest BCUT2D eigenvalue weighted by Gasteiger charge is -2.12. The third-order valence-electron chi connectivity index (χ3n) is 2.45. The smallest absolute Gasteiger partial charge is 0.120 e. The molecule has 0 aliphatic carbocycles. The van der Waals surface area contributed by atoms with Gasteiger partial charge in [0, 0.05) is 15.9 Å². The number of benzene rings is 2. The Hall–Kier alpha value is -0.440. The predicted octanol–water partition coefficient (Wildman–Crippen LogP) is 4.83. The highest BCUT2D eigenvalue weighted by Gasteiger charge is 2.15. The fourth-order valence-corrected chi connectivity index (χ4v) is 2.48. The lowest BCUT2D eigenvalue weighted by atomic mass is 10.0. The molecule has 0 bridgehead atoms. The minimum atomic E-state index is -0.383. The molecular weight excluding hydrogens is 311 g/mol. The molecule has 16 heavy (non-hydrogen) atoms. The fraction of sp³-hybridized carbons (Fsp3) is 0.167. The van der Waals surface area contributed by atoms with Crippen molar-refractivity contribution in [1.29, 1.82) is 0 Å². The molecule has 2 aromatic carbocycles. The van der Waals surface area contributed by atoms with E-state index in [1.54, 1.807) is 6.07 Å². The number of rotatable bonds is 2. The number of fused-ring (bicyclic) bond motifs is 1. The van der Waals surface area contributed by atoms with Crippen molar-refractivity contribution in [3.05, 3.63) is 40.4 Å². The van der Waals surface area contributed by atoms with Crippen LogP contribution in [0, 0.1) is 0 Å². The van der Waals surface area contributed by atoms with Gasteiger partial charge in [-0.3, -0.25) is 0 Å². The first-order valence-electron chi connectivity index (χ1n) is 4.74. The van der Waals surface area contributed by atoms with Gasteiger partial charge in [-0.25, -0.2) is 0 Å². The number of phenols is 1. The van der Waals surface area contributed by atoms with Crippen LogP contribution in [-0.4, -0.2) is 11.0 Å². The molecule has 1 unspecified atom stereocenters. The summed E-state index contributed by atoms with van der Waals surface area (Å²) in [6.45, 7) is 0. The highest BCUT2D eigenvalue weighted by molar-refractivity contribution is 9.10. The molecule has 0 aliphatic heterocycles. The van der Waals surface area contributed by atoms with E-state index in [-0.39, 0.29) is 17.0 Å². The van der Waals surface area contributed by atoms with Crippen LogP contribution >= 0.6 is 39.1 Å². The Morgan fingerprint density at radius 3 is 2.69 bits per heavy atom. The Bertz CT molecular complexity index is 528. The molecule has 0 heterocycles. The first-order chi connectivity index (χ1) is 7.63. The number of phenolic OH excluding ortho intramolecular Hbond substituents is 1. The summed E-state index contributed by atoms with van der Waals surface area (Å²) in [6.07, 6.45) is 0. The van der Waals surface area contributed by atoms with Gasteiger partial charge in [0.2, 0.25) is 0 Å². The van der Waals surface area contributed by atoms with E-state index in [4.69, 9.17) is 23.2 Å². The van der Waals surface area contributed by atoms with Gasteiger partial charge >= 0.3 is 0 Å². The molecule has 1 atom stereocenters. The average Bonchev–Trinajstić information content (AvgIpc) is 2.28. The molecule has 2 rings (SSSR count). The van der Waals surface area contributed by atoms with Crippen molar-refractivity contribution in [2.75, 3.05) is 5.88 Å². The zero-order valence-corrected chi connectivity index (χ0v) is 11.4. The molecule has 0 amide bonds.